The third kappa shape index (κ3) is 4.42. The minimum Gasteiger partial charge on any atom is -0.396 e. The zero-order valence-corrected chi connectivity index (χ0v) is 10.6. The maximum absolute atomic E-state index is 11.8. The first-order chi connectivity index (χ1) is 7.13. The van der Waals surface area contributed by atoms with Crippen molar-refractivity contribution in [1.29, 1.82) is 0 Å². The summed E-state index contributed by atoms with van der Waals surface area (Å²) in [5.74, 6) is 0.386. The predicted octanol–water partition coefficient (Wildman–Crippen LogP) is 1.27. The van der Waals surface area contributed by atoms with Crippen molar-refractivity contribution >= 4 is 26.7 Å². The molecule has 0 radical (unpaired) electrons. The molecule has 0 amide bonds. The van der Waals surface area contributed by atoms with Crippen LogP contribution in [0.2, 0.25) is 0 Å². The third-order valence-electron chi connectivity index (χ3n) is 1.92. The van der Waals surface area contributed by atoms with E-state index in [4.69, 9.17) is 10.8 Å². The Morgan fingerprint density at radius 1 is 1.53 bits per heavy atom. The molecular weight excluding hydrogens is 278 g/mol. The van der Waals surface area contributed by atoms with Crippen LogP contribution in [0.25, 0.3) is 0 Å². The first kappa shape index (κ1) is 12.8. The van der Waals surface area contributed by atoms with Crippen LogP contribution in [0.3, 0.4) is 0 Å². The fourth-order valence-electron chi connectivity index (χ4n) is 1.15. The second-order valence-corrected chi connectivity index (χ2v) is 5.65. The Bertz CT molecular complexity index is 346. The number of nitrogens with two attached hydrogens (primary N) is 1. The third-order valence-corrected chi connectivity index (χ3v) is 3.93. The molecule has 2 unspecified atom stereocenters. The molecule has 1 aromatic carbocycles. The summed E-state index contributed by atoms with van der Waals surface area (Å²) in [6.07, 6.45) is 0.486. The SMILES string of the molecule is NC(CCO)CS(=O)c1cccc(Br)c1. The van der Waals surface area contributed by atoms with Crippen molar-refractivity contribution in [2.75, 3.05) is 12.4 Å². The summed E-state index contributed by atoms with van der Waals surface area (Å²) in [5, 5.41) is 8.68. The predicted molar refractivity (Wildman–Crippen MR) is 65.1 cm³/mol. The van der Waals surface area contributed by atoms with Crippen molar-refractivity contribution in [2.45, 2.75) is 17.4 Å². The second kappa shape index (κ2) is 6.37. The molecule has 0 saturated heterocycles. The Labute approximate surface area is 100 Å². The van der Waals surface area contributed by atoms with Crippen LogP contribution in [-0.4, -0.2) is 27.7 Å². The number of aliphatic hydroxyl groups excluding tert-OH is 1. The molecule has 0 aromatic heterocycles. The summed E-state index contributed by atoms with van der Waals surface area (Å²) < 4.78 is 12.7. The van der Waals surface area contributed by atoms with Crippen LogP contribution in [0.5, 0.6) is 0 Å². The van der Waals surface area contributed by atoms with Crippen molar-refractivity contribution in [1.82, 2.24) is 0 Å². The minimum absolute atomic E-state index is 0.0385. The van der Waals surface area contributed by atoms with Gasteiger partial charge in [-0.2, -0.15) is 0 Å². The monoisotopic (exact) mass is 291 g/mol. The van der Waals surface area contributed by atoms with Gasteiger partial charge in [-0.1, -0.05) is 22.0 Å². The molecule has 5 heteroatoms. The summed E-state index contributed by atoms with van der Waals surface area (Å²) >= 11 is 3.32. The van der Waals surface area contributed by atoms with E-state index in [0.29, 0.717) is 12.2 Å². The molecule has 15 heavy (non-hydrogen) atoms. The van der Waals surface area contributed by atoms with E-state index in [0.717, 1.165) is 9.37 Å². The van der Waals surface area contributed by atoms with Gasteiger partial charge in [0, 0.05) is 27.8 Å². The Morgan fingerprint density at radius 2 is 2.27 bits per heavy atom. The van der Waals surface area contributed by atoms with Crippen molar-refractivity contribution in [2.24, 2.45) is 5.73 Å². The van der Waals surface area contributed by atoms with E-state index in [1.165, 1.54) is 0 Å². The van der Waals surface area contributed by atoms with Gasteiger partial charge in [0.1, 0.15) is 0 Å². The van der Waals surface area contributed by atoms with E-state index in [9.17, 15) is 4.21 Å². The normalized spacial score (nSPS) is 14.9. The highest BCUT2D eigenvalue weighted by atomic mass is 79.9. The van der Waals surface area contributed by atoms with Gasteiger partial charge in [-0.25, -0.2) is 0 Å². The number of hydrogen-bond acceptors (Lipinski definition) is 3. The summed E-state index contributed by atoms with van der Waals surface area (Å²) in [7, 11) is -1.09. The van der Waals surface area contributed by atoms with Crippen LogP contribution in [0.4, 0.5) is 0 Å². The van der Waals surface area contributed by atoms with Crippen LogP contribution in [0.15, 0.2) is 33.6 Å². The molecule has 3 nitrogen and oxygen atoms in total. The summed E-state index contributed by atoms with van der Waals surface area (Å²) in [6, 6.07) is 7.15. The average Bonchev–Trinajstić information content (AvgIpc) is 2.18. The fraction of sp³-hybridized carbons (Fsp3) is 0.400. The highest BCUT2D eigenvalue weighted by Crippen LogP contribution is 2.15. The van der Waals surface area contributed by atoms with Crippen molar-refractivity contribution in [3.63, 3.8) is 0 Å². The van der Waals surface area contributed by atoms with Crippen molar-refractivity contribution in [3.05, 3.63) is 28.7 Å². The maximum atomic E-state index is 11.8. The van der Waals surface area contributed by atoms with Crippen LogP contribution < -0.4 is 5.73 Å². The molecule has 3 N–H and O–H groups in total. The van der Waals surface area contributed by atoms with Gasteiger partial charge < -0.3 is 10.8 Å². The minimum atomic E-state index is -1.09. The van der Waals surface area contributed by atoms with Crippen LogP contribution >= 0.6 is 15.9 Å². The van der Waals surface area contributed by atoms with E-state index in [1.807, 2.05) is 24.3 Å². The first-order valence-corrected chi connectivity index (χ1v) is 6.75. The van der Waals surface area contributed by atoms with Crippen LogP contribution in [0, 0.1) is 0 Å². The summed E-state index contributed by atoms with van der Waals surface area (Å²) in [4.78, 5) is 0.762. The number of aliphatic hydroxyl groups is 1. The lowest BCUT2D eigenvalue weighted by atomic mass is 10.3. The van der Waals surface area contributed by atoms with E-state index in [-0.39, 0.29) is 12.6 Å². The second-order valence-electron chi connectivity index (χ2n) is 3.24. The van der Waals surface area contributed by atoms with Gasteiger partial charge >= 0.3 is 0 Å². The molecule has 1 rings (SSSR count). The molecule has 0 aliphatic rings. The Balaban J connectivity index is 2.61. The molecule has 84 valence electrons. The lowest BCUT2D eigenvalue weighted by Gasteiger charge is -2.09. The van der Waals surface area contributed by atoms with Gasteiger partial charge in [-0.05, 0) is 24.6 Å². The molecule has 0 bridgehead atoms. The van der Waals surface area contributed by atoms with Gasteiger partial charge in [0.2, 0.25) is 0 Å². The molecule has 0 heterocycles. The van der Waals surface area contributed by atoms with Crippen LogP contribution in [0.1, 0.15) is 6.42 Å². The molecule has 0 spiro atoms. The average molecular weight is 292 g/mol. The Hall–Kier alpha value is -0.230. The molecule has 0 aliphatic heterocycles. The standard InChI is InChI=1S/C10H14BrNO2S/c11-8-2-1-3-10(6-8)15(14)7-9(12)4-5-13/h1-3,6,9,13H,4-5,7,12H2. The smallest absolute Gasteiger partial charge is 0.0545 e. The first-order valence-electron chi connectivity index (χ1n) is 4.64. The molecular formula is C10H14BrNO2S. The molecule has 0 saturated carbocycles. The van der Waals surface area contributed by atoms with Crippen LogP contribution in [-0.2, 0) is 10.8 Å². The summed E-state index contributed by atoms with van der Waals surface area (Å²) in [6.45, 7) is 0.0385. The lowest BCUT2D eigenvalue weighted by Crippen LogP contribution is -2.28. The zero-order chi connectivity index (χ0) is 11.3. The fourth-order valence-corrected chi connectivity index (χ4v) is 2.94. The number of hydrogen-bond donors (Lipinski definition) is 2. The molecule has 0 aliphatic carbocycles. The Kier molecular flexibility index (Phi) is 5.45. The number of rotatable bonds is 5. The quantitative estimate of drug-likeness (QED) is 0.859. The summed E-state index contributed by atoms with van der Waals surface area (Å²) in [5.41, 5.74) is 5.70. The van der Waals surface area contributed by atoms with Gasteiger partial charge in [0.05, 0.1) is 10.8 Å². The van der Waals surface area contributed by atoms with E-state index < -0.39 is 10.8 Å². The van der Waals surface area contributed by atoms with Gasteiger partial charge in [-0.3, -0.25) is 4.21 Å². The lowest BCUT2D eigenvalue weighted by molar-refractivity contribution is 0.279. The zero-order valence-electron chi connectivity index (χ0n) is 8.23. The Morgan fingerprint density at radius 3 is 2.87 bits per heavy atom. The highest BCUT2D eigenvalue weighted by Gasteiger charge is 2.09. The van der Waals surface area contributed by atoms with Crippen molar-refractivity contribution < 1.29 is 9.32 Å². The maximum Gasteiger partial charge on any atom is 0.0545 e. The van der Waals surface area contributed by atoms with E-state index in [1.54, 1.807) is 0 Å². The van der Waals surface area contributed by atoms with E-state index >= 15 is 0 Å². The number of halogens is 1. The highest BCUT2D eigenvalue weighted by molar-refractivity contribution is 9.10. The van der Waals surface area contributed by atoms with Gasteiger partial charge in [0.25, 0.3) is 0 Å². The molecule has 0 fully saturated rings. The molecule has 1 aromatic rings. The number of benzene rings is 1. The van der Waals surface area contributed by atoms with Gasteiger partial charge in [-0.15, -0.1) is 0 Å². The molecule has 2 atom stereocenters. The largest absolute Gasteiger partial charge is 0.396 e. The van der Waals surface area contributed by atoms with E-state index in [2.05, 4.69) is 15.9 Å². The topological polar surface area (TPSA) is 63.3 Å². The van der Waals surface area contributed by atoms with Crippen molar-refractivity contribution in [3.8, 4) is 0 Å². The van der Waals surface area contributed by atoms with Gasteiger partial charge in [0.15, 0.2) is 0 Å².